The number of hydrogen-bond acceptors (Lipinski definition) is 3. The van der Waals surface area contributed by atoms with Gasteiger partial charge < -0.3 is 16.0 Å². The number of nitrogens with one attached hydrogen (secondary N) is 3. The first-order valence-corrected chi connectivity index (χ1v) is 12.1. The van der Waals surface area contributed by atoms with Gasteiger partial charge in [-0.3, -0.25) is 9.59 Å². The lowest BCUT2D eigenvalue weighted by Crippen LogP contribution is -2.54. The zero-order valence-electron chi connectivity index (χ0n) is 17.3. The molecule has 31 heavy (non-hydrogen) atoms. The highest BCUT2D eigenvalue weighted by Gasteiger charge is 2.71. The van der Waals surface area contributed by atoms with Crippen LogP contribution in [0.5, 0.6) is 0 Å². The second kappa shape index (κ2) is 8.10. The van der Waals surface area contributed by atoms with Crippen molar-refractivity contribution in [2.24, 2.45) is 29.1 Å². The van der Waals surface area contributed by atoms with Crippen LogP contribution in [-0.2, 0) is 16.1 Å². The Morgan fingerprint density at radius 2 is 1.84 bits per heavy atom. The van der Waals surface area contributed by atoms with Crippen LogP contribution < -0.4 is 16.0 Å². The topological polar surface area (TPSA) is 70.2 Å². The molecule has 0 radical (unpaired) electrons. The van der Waals surface area contributed by atoms with Crippen molar-refractivity contribution in [3.8, 4) is 0 Å². The summed E-state index contributed by atoms with van der Waals surface area (Å²) in [6.45, 7) is 1.01. The number of hydrogen-bond donors (Lipinski definition) is 3. The van der Waals surface area contributed by atoms with Crippen LogP contribution in [0.2, 0.25) is 0 Å². The van der Waals surface area contributed by atoms with Crippen molar-refractivity contribution in [1.82, 2.24) is 16.0 Å². The van der Waals surface area contributed by atoms with E-state index in [1.165, 1.54) is 6.07 Å². The third-order valence-electron chi connectivity index (χ3n) is 8.16. The molecule has 2 bridgehead atoms. The highest BCUT2D eigenvalue weighted by molar-refractivity contribution is 9.10. The van der Waals surface area contributed by atoms with Crippen molar-refractivity contribution in [2.45, 2.75) is 50.9 Å². The molecule has 3 saturated carbocycles. The van der Waals surface area contributed by atoms with Gasteiger partial charge in [0.25, 0.3) is 0 Å². The van der Waals surface area contributed by atoms with E-state index in [-0.39, 0.29) is 48.0 Å². The third-order valence-corrected chi connectivity index (χ3v) is 8.65. The average molecular weight is 496 g/mol. The Kier molecular flexibility index (Phi) is 5.57. The van der Waals surface area contributed by atoms with Gasteiger partial charge in [0.15, 0.2) is 0 Å². The zero-order valence-corrected chi connectivity index (χ0v) is 18.9. The van der Waals surface area contributed by atoms with Crippen molar-refractivity contribution >= 4 is 27.7 Å². The lowest BCUT2D eigenvalue weighted by molar-refractivity contribution is -0.138. The summed E-state index contributed by atoms with van der Waals surface area (Å²) in [5.41, 5.74) is 0.521. The summed E-state index contributed by atoms with van der Waals surface area (Å²) in [4.78, 5) is 26.6. The van der Waals surface area contributed by atoms with Gasteiger partial charge in [-0.05, 0) is 68.0 Å². The SMILES string of the molecule is O=C(N[C@@H]1CCNC[C@@H]1F)[C@H]1[C@H](C(=O)NCc2ccc(Br)cc2F)[C@@H]2CC[C@H]1C21CC1. The molecule has 1 aromatic carbocycles. The number of rotatable bonds is 5. The molecule has 6 atom stereocenters. The van der Waals surface area contributed by atoms with Crippen molar-refractivity contribution in [3.63, 3.8) is 0 Å². The van der Waals surface area contributed by atoms with Crippen LogP contribution in [0.15, 0.2) is 22.7 Å². The zero-order chi connectivity index (χ0) is 21.8. The van der Waals surface area contributed by atoms with Crippen LogP contribution in [0.3, 0.4) is 0 Å². The molecule has 3 N–H and O–H groups in total. The molecule has 1 spiro atoms. The summed E-state index contributed by atoms with van der Waals surface area (Å²) >= 11 is 3.24. The van der Waals surface area contributed by atoms with Gasteiger partial charge in [0.05, 0.1) is 17.9 Å². The highest BCUT2D eigenvalue weighted by atomic mass is 79.9. The molecule has 3 aliphatic carbocycles. The quantitative estimate of drug-likeness (QED) is 0.587. The molecule has 168 valence electrons. The highest BCUT2D eigenvalue weighted by Crippen LogP contribution is 2.74. The van der Waals surface area contributed by atoms with E-state index < -0.39 is 24.0 Å². The number of alkyl halides is 1. The molecule has 4 fully saturated rings. The van der Waals surface area contributed by atoms with Crippen molar-refractivity contribution in [1.29, 1.82) is 0 Å². The second-order valence-electron chi connectivity index (χ2n) is 9.65. The van der Waals surface area contributed by atoms with Gasteiger partial charge in [-0.1, -0.05) is 22.0 Å². The molecule has 1 heterocycles. The van der Waals surface area contributed by atoms with Crippen molar-refractivity contribution < 1.29 is 18.4 Å². The summed E-state index contributed by atoms with van der Waals surface area (Å²) < 4.78 is 29.1. The third kappa shape index (κ3) is 3.69. The largest absolute Gasteiger partial charge is 0.352 e. The van der Waals surface area contributed by atoms with Crippen molar-refractivity contribution in [3.05, 3.63) is 34.1 Å². The molecular weight excluding hydrogens is 468 g/mol. The smallest absolute Gasteiger partial charge is 0.224 e. The second-order valence-corrected chi connectivity index (χ2v) is 10.6. The Morgan fingerprint density at radius 1 is 1.13 bits per heavy atom. The molecule has 2 amide bonds. The molecule has 1 aromatic rings. The maximum atomic E-state index is 14.3. The fourth-order valence-electron chi connectivity index (χ4n) is 6.59. The van der Waals surface area contributed by atoms with E-state index in [1.807, 2.05) is 0 Å². The normalized spacial score (nSPS) is 35.2. The number of carbonyl (C=O) groups is 2. The Hall–Kier alpha value is -1.54. The minimum absolute atomic E-state index is 0.0913. The van der Waals surface area contributed by atoms with Gasteiger partial charge in [0.2, 0.25) is 11.8 Å². The van der Waals surface area contributed by atoms with E-state index in [1.54, 1.807) is 12.1 Å². The van der Waals surface area contributed by atoms with E-state index in [0.717, 1.165) is 25.7 Å². The molecule has 8 heteroatoms. The summed E-state index contributed by atoms with van der Waals surface area (Å²) in [7, 11) is 0. The molecule has 4 aliphatic rings. The van der Waals surface area contributed by atoms with Gasteiger partial charge >= 0.3 is 0 Å². The van der Waals surface area contributed by atoms with E-state index >= 15 is 0 Å². The van der Waals surface area contributed by atoms with E-state index in [2.05, 4.69) is 31.9 Å². The fraction of sp³-hybridized carbons (Fsp3) is 0.652. The molecule has 5 rings (SSSR count). The molecule has 0 aromatic heterocycles. The summed E-state index contributed by atoms with van der Waals surface area (Å²) in [6.07, 6.45) is 3.49. The Labute approximate surface area is 189 Å². The molecular formula is C23H28BrF2N3O2. The Balaban J connectivity index is 1.32. The van der Waals surface area contributed by atoms with E-state index in [0.29, 0.717) is 23.0 Å². The lowest BCUT2D eigenvalue weighted by atomic mass is 9.78. The molecule has 0 unspecified atom stereocenters. The fourth-order valence-corrected chi connectivity index (χ4v) is 6.92. The lowest BCUT2D eigenvalue weighted by Gasteiger charge is -2.33. The maximum absolute atomic E-state index is 14.3. The van der Waals surface area contributed by atoms with Crippen LogP contribution in [-0.4, -0.2) is 37.1 Å². The molecule has 5 nitrogen and oxygen atoms in total. The number of piperidine rings is 1. The van der Waals surface area contributed by atoms with Crippen LogP contribution >= 0.6 is 15.9 Å². The van der Waals surface area contributed by atoms with Crippen LogP contribution in [0.4, 0.5) is 8.78 Å². The number of benzene rings is 1. The van der Waals surface area contributed by atoms with Gasteiger partial charge in [-0.15, -0.1) is 0 Å². The Bertz CT molecular complexity index is 894. The first-order valence-electron chi connectivity index (χ1n) is 11.3. The number of amides is 2. The van der Waals surface area contributed by atoms with Gasteiger partial charge in [-0.2, -0.15) is 0 Å². The number of carbonyl (C=O) groups excluding carboxylic acids is 2. The van der Waals surface area contributed by atoms with E-state index in [9.17, 15) is 18.4 Å². The van der Waals surface area contributed by atoms with Crippen LogP contribution in [0.1, 0.15) is 37.7 Å². The average Bonchev–Trinajstić information content (AvgIpc) is 3.41. The Morgan fingerprint density at radius 3 is 2.48 bits per heavy atom. The van der Waals surface area contributed by atoms with Gasteiger partial charge in [-0.25, -0.2) is 8.78 Å². The monoisotopic (exact) mass is 495 g/mol. The predicted molar refractivity (Wildman–Crippen MR) is 115 cm³/mol. The summed E-state index contributed by atoms with van der Waals surface area (Å²) in [6, 6.07) is 4.26. The van der Waals surface area contributed by atoms with Crippen LogP contribution in [0.25, 0.3) is 0 Å². The minimum Gasteiger partial charge on any atom is -0.352 e. The minimum atomic E-state index is -1.11. The standard InChI is InChI=1S/C23H28BrF2N3O2/c24-13-2-1-12(16(25)9-13)10-28-21(30)19-14-3-4-15(23(14)6-7-23)20(19)22(31)29-18-5-8-27-11-17(18)26/h1-2,9,14-15,17-20,27H,3-8,10-11H2,(H,28,30)(H,29,31)/t14-,15+,17-,18+,19+,20+/m0/s1. The first-order chi connectivity index (χ1) is 14.9. The summed E-state index contributed by atoms with van der Waals surface area (Å²) in [5.74, 6) is -1.19. The van der Waals surface area contributed by atoms with Gasteiger partial charge in [0.1, 0.15) is 12.0 Å². The number of halogens is 3. The van der Waals surface area contributed by atoms with E-state index in [4.69, 9.17) is 0 Å². The maximum Gasteiger partial charge on any atom is 0.224 e. The first kappa shape index (κ1) is 21.3. The molecule has 1 saturated heterocycles. The van der Waals surface area contributed by atoms with Gasteiger partial charge in [0, 0.05) is 23.1 Å². The molecule has 1 aliphatic heterocycles. The predicted octanol–water partition coefficient (Wildman–Crippen LogP) is 3.07. The van der Waals surface area contributed by atoms with Crippen molar-refractivity contribution in [2.75, 3.05) is 13.1 Å². The summed E-state index contributed by atoms with van der Waals surface area (Å²) in [5, 5.41) is 8.83. The van der Waals surface area contributed by atoms with Crippen LogP contribution in [0, 0.1) is 34.9 Å².